The fourth-order valence-electron chi connectivity index (χ4n) is 2.03. The van der Waals surface area contributed by atoms with Gasteiger partial charge < -0.3 is 15.4 Å². The van der Waals surface area contributed by atoms with Crippen molar-refractivity contribution in [3.05, 3.63) is 0 Å². The Morgan fingerprint density at radius 1 is 1.47 bits per heavy atom. The van der Waals surface area contributed by atoms with Gasteiger partial charge in [-0.1, -0.05) is 12.8 Å². The lowest BCUT2D eigenvalue weighted by atomic mass is 10.3. The zero-order chi connectivity index (χ0) is 14.1. The Kier molecular flexibility index (Phi) is 7.20. The van der Waals surface area contributed by atoms with Crippen molar-refractivity contribution < 1.29 is 9.53 Å². The summed E-state index contributed by atoms with van der Waals surface area (Å²) in [6, 6.07) is -0.0876. The maximum atomic E-state index is 11.8. The van der Waals surface area contributed by atoms with Crippen molar-refractivity contribution in [2.24, 2.45) is 10.8 Å². The van der Waals surface area contributed by atoms with E-state index in [2.05, 4.69) is 21.1 Å². The monoisotopic (exact) mass is 271 g/mol. The summed E-state index contributed by atoms with van der Waals surface area (Å²) in [4.78, 5) is 16.2. The number of methoxy groups -OCH3 is 1. The number of guanidine groups is 1. The lowest BCUT2D eigenvalue weighted by molar-refractivity contribution is -0.122. The highest BCUT2D eigenvalue weighted by Gasteiger charge is 2.17. The minimum Gasteiger partial charge on any atom is -0.383 e. The van der Waals surface area contributed by atoms with E-state index in [9.17, 15) is 4.79 Å². The minimum atomic E-state index is -0.395. The van der Waals surface area contributed by atoms with Crippen molar-refractivity contribution in [3.63, 3.8) is 0 Å². The van der Waals surface area contributed by atoms with Crippen LogP contribution in [0.2, 0.25) is 0 Å². The molecule has 19 heavy (non-hydrogen) atoms. The fourth-order valence-corrected chi connectivity index (χ4v) is 2.03. The molecule has 0 bridgehead atoms. The average Bonchev–Trinajstić information content (AvgIpc) is 2.90. The molecule has 0 heterocycles. The van der Waals surface area contributed by atoms with Crippen LogP contribution in [0.25, 0.3) is 0 Å². The number of aliphatic imine (C=N–C) groups is 1. The van der Waals surface area contributed by atoms with Gasteiger partial charge in [-0.15, -0.1) is 0 Å². The molecule has 0 spiro atoms. The average molecular weight is 271 g/mol. The molecule has 7 heteroatoms. The number of ether oxygens (including phenoxy) is 1. The van der Waals surface area contributed by atoms with Crippen LogP contribution in [0.3, 0.4) is 0 Å². The first-order valence-corrected chi connectivity index (χ1v) is 6.75. The van der Waals surface area contributed by atoms with E-state index < -0.39 is 6.04 Å². The molecule has 0 saturated heterocycles. The summed E-state index contributed by atoms with van der Waals surface area (Å²) in [5.41, 5.74) is 2.52. The van der Waals surface area contributed by atoms with E-state index in [4.69, 9.17) is 10.6 Å². The van der Waals surface area contributed by atoms with Crippen molar-refractivity contribution in [3.8, 4) is 0 Å². The van der Waals surface area contributed by atoms with Crippen LogP contribution in [0.15, 0.2) is 4.99 Å². The molecule has 1 unspecified atom stereocenters. The minimum absolute atomic E-state index is 0.105. The Morgan fingerprint density at radius 2 is 2.16 bits per heavy atom. The molecule has 5 N–H and O–H groups in total. The smallest absolute Gasteiger partial charge is 0.242 e. The molecular formula is C12H25N5O2. The molecule has 1 amide bonds. The normalized spacial score (nSPS) is 18.2. The molecule has 1 atom stereocenters. The number of rotatable bonds is 6. The summed E-state index contributed by atoms with van der Waals surface area (Å²) in [6.07, 6.45) is 4.58. The molecule has 1 fully saturated rings. The van der Waals surface area contributed by atoms with Gasteiger partial charge in [-0.05, 0) is 19.8 Å². The van der Waals surface area contributed by atoms with Crippen molar-refractivity contribution >= 4 is 11.9 Å². The van der Waals surface area contributed by atoms with Crippen LogP contribution in [0.5, 0.6) is 0 Å². The SMILES string of the molecule is COCCNC(=O)C(C)NC(=NC1CCCC1)NN. The highest BCUT2D eigenvalue weighted by Crippen LogP contribution is 2.20. The van der Waals surface area contributed by atoms with Crippen molar-refractivity contribution in [1.29, 1.82) is 0 Å². The van der Waals surface area contributed by atoms with E-state index in [0.29, 0.717) is 25.2 Å². The lowest BCUT2D eigenvalue weighted by Gasteiger charge is -2.17. The number of hydrogen-bond acceptors (Lipinski definition) is 4. The van der Waals surface area contributed by atoms with Gasteiger partial charge in [0.2, 0.25) is 11.9 Å². The maximum absolute atomic E-state index is 11.8. The first kappa shape index (κ1) is 15.7. The standard InChI is InChI=1S/C12H25N5O2/c1-9(11(18)14-7-8-19-2)15-12(17-13)16-10-5-3-4-6-10/h9-10H,3-8,13H2,1-2H3,(H,14,18)(H2,15,16,17). The van der Waals surface area contributed by atoms with Crippen LogP contribution >= 0.6 is 0 Å². The topological polar surface area (TPSA) is 101 Å². The van der Waals surface area contributed by atoms with Crippen LogP contribution in [-0.4, -0.2) is 44.2 Å². The number of hydrazine groups is 1. The predicted molar refractivity (Wildman–Crippen MR) is 74.5 cm³/mol. The second kappa shape index (κ2) is 8.71. The zero-order valence-electron chi connectivity index (χ0n) is 11.7. The van der Waals surface area contributed by atoms with Gasteiger partial charge in [-0.25, -0.2) is 10.8 Å². The third-order valence-electron chi connectivity index (χ3n) is 3.13. The number of carbonyl (C=O) groups excluding carboxylic acids is 1. The summed E-state index contributed by atoms with van der Waals surface area (Å²) in [6.45, 7) is 2.76. The Labute approximate surface area is 114 Å². The summed E-state index contributed by atoms with van der Waals surface area (Å²) in [5, 5.41) is 5.74. The zero-order valence-corrected chi connectivity index (χ0v) is 11.7. The van der Waals surface area contributed by atoms with Crippen LogP contribution in [0.1, 0.15) is 32.6 Å². The molecule has 1 rings (SSSR count). The van der Waals surface area contributed by atoms with E-state index >= 15 is 0 Å². The lowest BCUT2D eigenvalue weighted by Crippen LogP contribution is -2.51. The number of nitrogens with two attached hydrogens (primary N) is 1. The van der Waals surface area contributed by atoms with Gasteiger partial charge >= 0.3 is 0 Å². The van der Waals surface area contributed by atoms with Crippen LogP contribution in [-0.2, 0) is 9.53 Å². The number of hydrogen-bond donors (Lipinski definition) is 4. The number of carbonyl (C=O) groups is 1. The Balaban J connectivity index is 2.38. The Hall–Kier alpha value is -1.34. The first-order chi connectivity index (χ1) is 9.17. The molecule has 0 aromatic rings. The van der Waals surface area contributed by atoms with Crippen molar-refractivity contribution in [1.82, 2.24) is 16.1 Å². The molecule has 0 radical (unpaired) electrons. The third-order valence-corrected chi connectivity index (χ3v) is 3.13. The van der Waals surface area contributed by atoms with E-state index in [1.165, 1.54) is 12.8 Å². The van der Waals surface area contributed by atoms with Gasteiger partial charge in [0, 0.05) is 13.7 Å². The predicted octanol–water partition coefficient (Wildman–Crippen LogP) is -0.511. The highest BCUT2D eigenvalue weighted by atomic mass is 16.5. The van der Waals surface area contributed by atoms with E-state index in [0.717, 1.165) is 12.8 Å². The number of nitrogens with one attached hydrogen (secondary N) is 3. The van der Waals surface area contributed by atoms with Gasteiger partial charge in [0.05, 0.1) is 12.6 Å². The van der Waals surface area contributed by atoms with E-state index in [1.54, 1.807) is 14.0 Å². The fraction of sp³-hybridized carbons (Fsp3) is 0.833. The quantitative estimate of drug-likeness (QED) is 0.171. The molecule has 1 aliphatic rings. The summed E-state index contributed by atoms with van der Waals surface area (Å²) >= 11 is 0. The van der Waals surface area contributed by atoms with Gasteiger partial charge in [0.15, 0.2) is 0 Å². The highest BCUT2D eigenvalue weighted by molar-refractivity contribution is 5.88. The van der Waals surface area contributed by atoms with E-state index in [-0.39, 0.29) is 5.91 Å². The summed E-state index contributed by atoms with van der Waals surface area (Å²) in [5.74, 6) is 5.79. The van der Waals surface area contributed by atoms with Gasteiger partial charge in [-0.3, -0.25) is 10.2 Å². The van der Waals surface area contributed by atoms with Crippen LogP contribution in [0, 0.1) is 0 Å². The first-order valence-electron chi connectivity index (χ1n) is 6.75. The van der Waals surface area contributed by atoms with Crippen molar-refractivity contribution in [2.75, 3.05) is 20.3 Å². The Morgan fingerprint density at radius 3 is 2.74 bits per heavy atom. The van der Waals surface area contributed by atoms with Crippen LogP contribution < -0.4 is 21.9 Å². The molecule has 7 nitrogen and oxygen atoms in total. The maximum Gasteiger partial charge on any atom is 0.242 e. The largest absolute Gasteiger partial charge is 0.383 e. The van der Waals surface area contributed by atoms with Gasteiger partial charge in [0.1, 0.15) is 6.04 Å². The molecule has 1 aliphatic carbocycles. The summed E-state index contributed by atoms with van der Waals surface area (Å²) < 4.78 is 4.87. The molecular weight excluding hydrogens is 246 g/mol. The summed E-state index contributed by atoms with van der Waals surface area (Å²) in [7, 11) is 1.60. The van der Waals surface area contributed by atoms with Crippen LogP contribution in [0.4, 0.5) is 0 Å². The van der Waals surface area contributed by atoms with Gasteiger partial charge in [0.25, 0.3) is 0 Å². The third kappa shape index (κ3) is 5.89. The second-order valence-electron chi connectivity index (χ2n) is 4.71. The molecule has 110 valence electrons. The second-order valence-corrected chi connectivity index (χ2v) is 4.71. The molecule has 0 aromatic carbocycles. The van der Waals surface area contributed by atoms with E-state index in [1.807, 2.05) is 0 Å². The number of amides is 1. The van der Waals surface area contributed by atoms with Crippen molar-refractivity contribution in [2.45, 2.75) is 44.7 Å². The number of nitrogens with zero attached hydrogens (tertiary/aromatic N) is 1. The molecule has 1 saturated carbocycles. The molecule has 0 aliphatic heterocycles. The Bertz CT molecular complexity index is 302. The van der Waals surface area contributed by atoms with Gasteiger partial charge in [-0.2, -0.15) is 0 Å². The molecule has 0 aromatic heterocycles.